The smallest absolute Gasteiger partial charge is 0.155 e. The second-order valence-corrected chi connectivity index (χ2v) is 2.16. The van der Waals surface area contributed by atoms with E-state index in [-0.39, 0.29) is 5.75 Å². The predicted molar refractivity (Wildman–Crippen MR) is 39.4 cm³/mol. The van der Waals surface area contributed by atoms with Gasteiger partial charge in [-0.05, 0) is 12.1 Å². The summed E-state index contributed by atoms with van der Waals surface area (Å²) in [5, 5.41) is 0. The van der Waals surface area contributed by atoms with E-state index < -0.39 is 19.5 Å². The van der Waals surface area contributed by atoms with Crippen LogP contribution in [-0.4, -0.2) is 24.4 Å². The molecule has 0 unspecified atom stereocenters. The molecule has 2 nitrogen and oxygen atoms in total. The van der Waals surface area contributed by atoms with Crippen LogP contribution in [-0.2, 0) is 0 Å². The summed E-state index contributed by atoms with van der Waals surface area (Å²) in [4.78, 5) is 3.61. The molecule has 0 aliphatic heterocycles. The maximum atomic E-state index is 11.9. The molecule has 0 aliphatic carbocycles. The van der Waals surface area contributed by atoms with Crippen molar-refractivity contribution in [3.8, 4) is 5.75 Å². The second kappa shape index (κ2) is 4.64. The quantitative estimate of drug-likeness (QED) is 0.687. The Kier molecular flexibility index (Phi) is 3.44. The van der Waals surface area contributed by atoms with Crippen LogP contribution < -0.4 is 4.74 Å². The molecular formula is C8H8F2NO. The molecular weight excluding hydrogens is 164 g/mol. The van der Waals surface area contributed by atoms with Crippen molar-refractivity contribution < 1.29 is 13.5 Å². The summed E-state index contributed by atoms with van der Waals surface area (Å²) in [7, 11) is 0. The lowest BCUT2D eigenvalue weighted by atomic mass is 10.4. The minimum Gasteiger partial charge on any atom is -0.483 e. The Bertz CT molecular complexity index is 214. The normalized spacial score (nSPS) is 10.2. The maximum Gasteiger partial charge on any atom is 0.155 e. The highest BCUT2D eigenvalue weighted by Crippen LogP contribution is 2.08. The predicted octanol–water partition coefficient (Wildman–Crippen LogP) is 1.57. The molecule has 1 aromatic rings. The topological polar surface area (TPSA) is 22.1 Å². The molecule has 0 spiro atoms. The van der Waals surface area contributed by atoms with Gasteiger partial charge >= 0.3 is 0 Å². The van der Waals surface area contributed by atoms with Gasteiger partial charge in [0.25, 0.3) is 0 Å². The van der Waals surface area contributed by atoms with Gasteiger partial charge in [0.05, 0.1) is 0 Å². The molecule has 0 amide bonds. The first-order valence-corrected chi connectivity index (χ1v) is 3.48. The highest BCUT2D eigenvalue weighted by atomic mass is 19.1. The van der Waals surface area contributed by atoms with Gasteiger partial charge in [-0.2, -0.15) is 0 Å². The van der Waals surface area contributed by atoms with Crippen LogP contribution in [0.25, 0.3) is 0 Å². The number of pyridine rings is 1. The van der Waals surface area contributed by atoms with Crippen molar-refractivity contribution >= 4 is 0 Å². The van der Waals surface area contributed by atoms with Crippen molar-refractivity contribution in [2.75, 3.05) is 13.3 Å². The van der Waals surface area contributed by atoms with E-state index in [0.717, 1.165) is 0 Å². The molecule has 0 saturated heterocycles. The second-order valence-electron chi connectivity index (χ2n) is 2.16. The molecule has 12 heavy (non-hydrogen) atoms. The van der Waals surface area contributed by atoms with Crippen molar-refractivity contribution in [3.63, 3.8) is 0 Å². The van der Waals surface area contributed by atoms with Gasteiger partial charge in [0.2, 0.25) is 0 Å². The van der Waals surface area contributed by atoms with Gasteiger partial charge in [-0.1, -0.05) is 0 Å². The molecule has 0 aromatic carbocycles. The average molecular weight is 172 g/mol. The summed E-state index contributed by atoms with van der Waals surface area (Å²) < 4.78 is 28.7. The Labute approximate surface area is 69.2 Å². The molecule has 1 radical (unpaired) electrons. The van der Waals surface area contributed by atoms with Crippen LogP contribution in [0.15, 0.2) is 18.3 Å². The Balaban J connectivity index is 2.51. The summed E-state index contributed by atoms with van der Waals surface area (Å²) in [5.74, 6) is 0.262. The lowest BCUT2D eigenvalue weighted by Crippen LogP contribution is -2.21. The molecule has 0 aliphatic rings. The number of aromatic nitrogens is 1. The van der Waals surface area contributed by atoms with E-state index in [1.807, 2.05) is 0 Å². The van der Waals surface area contributed by atoms with Crippen LogP contribution in [0, 0.1) is 6.20 Å². The molecule has 0 N–H and O–H groups in total. The van der Waals surface area contributed by atoms with Gasteiger partial charge in [0, 0.05) is 6.20 Å². The number of rotatable bonds is 4. The van der Waals surface area contributed by atoms with Crippen LogP contribution in [0.4, 0.5) is 8.78 Å². The van der Waals surface area contributed by atoms with Crippen LogP contribution in [0.3, 0.4) is 0 Å². The SMILES string of the molecule is FCC(CF)Oc1[c]nccc1. The minimum absolute atomic E-state index is 0.262. The lowest BCUT2D eigenvalue weighted by Gasteiger charge is -2.10. The van der Waals surface area contributed by atoms with Gasteiger partial charge in [-0.3, -0.25) is 4.98 Å². The van der Waals surface area contributed by atoms with Crippen LogP contribution in [0.5, 0.6) is 5.75 Å². The first-order valence-electron chi connectivity index (χ1n) is 3.48. The van der Waals surface area contributed by atoms with E-state index in [0.29, 0.717) is 0 Å². The summed E-state index contributed by atoms with van der Waals surface area (Å²) in [6.45, 7) is -1.70. The number of halogens is 2. The largest absolute Gasteiger partial charge is 0.483 e. The monoisotopic (exact) mass is 172 g/mol. The standard InChI is InChI=1S/C8H8F2NO/c9-4-8(5-10)12-7-2-1-3-11-6-7/h1-3,8H,4-5H2. The van der Waals surface area contributed by atoms with Crippen LogP contribution in [0.1, 0.15) is 0 Å². The van der Waals surface area contributed by atoms with E-state index in [4.69, 9.17) is 4.74 Å². The van der Waals surface area contributed by atoms with Crippen molar-refractivity contribution in [2.45, 2.75) is 6.10 Å². The van der Waals surface area contributed by atoms with Gasteiger partial charge in [-0.25, -0.2) is 8.78 Å². The van der Waals surface area contributed by atoms with E-state index in [1.54, 1.807) is 12.1 Å². The molecule has 65 valence electrons. The third-order valence-electron chi connectivity index (χ3n) is 1.22. The first kappa shape index (κ1) is 8.90. The summed E-state index contributed by atoms with van der Waals surface area (Å²) in [5.41, 5.74) is 0. The van der Waals surface area contributed by atoms with Crippen molar-refractivity contribution in [1.29, 1.82) is 0 Å². The van der Waals surface area contributed by atoms with Crippen LogP contribution in [0.2, 0.25) is 0 Å². The maximum absolute atomic E-state index is 11.9. The zero-order valence-corrected chi connectivity index (χ0v) is 6.34. The van der Waals surface area contributed by atoms with Crippen LogP contribution >= 0.6 is 0 Å². The van der Waals surface area contributed by atoms with Crippen molar-refractivity contribution in [1.82, 2.24) is 4.98 Å². The molecule has 1 rings (SSSR count). The number of hydrogen-bond acceptors (Lipinski definition) is 2. The zero-order chi connectivity index (χ0) is 8.81. The van der Waals surface area contributed by atoms with Gasteiger partial charge in [0.15, 0.2) is 6.10 Å². The number of alkyl halides is 2. The fourth-order valence-electron chi connectivity index (χ4n) is 0.661. The van der Waals surface area contributed by atoms with E-state index >= 15 is 0 Å². The molecule has 1 heterocycles. The Hall–Kier alpha value is -1.19. The van der Waals surface area contributed by atoms with E-state index in [2.05, 4.69) is 11.2 Å². The molecule has 0 bridgehead atoms. The summed E-state index contributed by atoms with van der Waals surface area (Å²) in [6.07, 6.45) is 2.93. The lowest BCUT2D eigenvalue weighted by molar-refractivity contribution is 0.133. The van der Waals surface area contributed by atoms with Crippen molar-refractivity contribution in [2.24, 2.45) is 0 Å². The highest BCUT2D eigenvalue weighted by molar-refractivity contribution is 5.14. The third kappa shape index (κ3) is 2.45. The Morgan fingerprint density at radius 2 is 2.25 bits per heavy atom. The van der Waals surface area contributed by atoms with E-state index in [1.165, 1.54) is 6.20 Å². The first-order chi connectivity index (χ1) is 5.86. The highest BCUT2D eigenvalue weighted by Gasteiger charge is 2.08. The molecule has 1 aromatic heterocycles. The minimum atomic E-state index is -1.04. The van der Waals surface area contributed by atoms with Crippen molar-refractivity contribution in [3.05, 3.63) is 24.5 Å². The zero-order valence-electron chi connectivity index (χ0n) is 6.34. The van der Waals surface area contributed by atoms with Gasteiger partial charge in [-0.15, -0.1) is 0 Å². The number of nitrogens with zero attached hydrogens (tertiary/aromatic N) is 1. The van der Waals surface area contributed by atoms with Gasteiger partial charge in [0.1, 0.15) is 25.3 Å². The Morgan fingerprint density at radius 3 is 2.75 bits per heavy atom. The molecule has 0 saturated carbocycles. The summed E-state index contributed by atoms with van der Waals surface area (Å²) in [6, 6.07) is 3.16. The molecule has 0 atom stereocenters. The van der Waals surface area contributed by atoms with Gasteiger partial charge < -0.3 is 4.74 Å². The summed E-state index contributed by atoms with van der Waals surface area (Å²) >= 11 is 0. The van der Waals surface area contributed by atoms with E-state index in [9.17, 15) is 8.78 Å². The average Bonchev–Trinajstić information content (AvgIpc) is 2.16. The number of hydrogen-bond donors (Lipinski definition) is 0. The fourth-order valence-corrected chi connectivity index (χ4v) is 0.661. The molecule has 0 fully saturated rings. The number of ether oxygens (including phenoxy) is 1. The third-order valence-corrected chi connectivity index (χ3v) is 1.22. The Morgan fingerprint density at radius 1 is 1.50 bits per heavy atom. The molecule has 4 heteroatoms. The fraction of sp³-hybridized carbons (Fsp3) is 0.375.